The third kappa shape index (κ3) is 12.8. The van der Waals surface area contributed by atoms with Crippen molar-refractivity contribution in [3.05, 3.63) is 83.9 Å². The smallest absolute Gasteiger partial charge is 0.408 e. The van der Waals surface area contributed by atoms with Crippen molar-refractivity contribution in [2.24, 2.45) is 5.92 Å². The number of amides is 4. The van der Waals surface area contributed by atoms with E-state index in [1.54, 1.807) is 17.1 Å². The average molecular weight is 693 g/mol. The number of ether oxygens (including phenoxy) is 3. The first-order valence-corrected chi connectivity index (χ1v) is 17.3. The maximum atomic E-state index is 13.5. The number of carbonyl (C=O) groups excluding carboxylic acids is 5. The summed E-state index contributed by atoms with van der Waals surface area (Å²) in [6, 6.07) is 16.6. The van der Waals surface area contributed by atoms with Crippen LogP contribution in [0.15, 0.2) is 72.8 Å². The number of likely N-dealkylation sites (tertiary alicyclic amines) is 1. The van der Waals surface area contributed by atoms with E-state index in [1.165, 1.54) is 0 Å². The second kappa shape index (κ2) is 20.6. The highest BCUT2D eigenvalue weighted by molar-refractivity contribution is 5.86. The molecule has 4 atom stereocenters. The first-order valence-electron chi connectivity index (χ1n) is 17.3. The molecule has 4 rings (SSSR count). The Bertz CT molecular complexity index is 1420. The van der Waals surface area contributed by atoms with Crippen molar-refractivity contribution in [3.63, 3.8) is 0 Å². The van der Waals surface area contributed by atoms with Crippen LogP contribution in [0.5, 0.6) is 0 Å². The first-order chi connectivity index (χ1) is 24.3. The molecule has 0 saturated carbocycles. The molecule has 0 aliphatic carbocycles. The van der Waals surface area contributed by atoms with Gasteiger partial charge < -0.3 is 40.2 Å². The Labute approximate surface area is 292 Å². The molecule has 2 aromatic rings. The minimum atomic E-state index is -1.04. The standard InChI is InChI=1S/C37H48N4O9/c42-23-31-18-11-21-41(31)33(43)22-29-16-7-8-19-32(40-37(47)50-25-28-14-5-2-6-15-28)35(45)48-26-30(39-34(29)44)17-9-10-20-38-36(46)49-24-27-12-3-1-4-13-27/h1-8,12-15,29-32,42H,9-11,16-26H2,(H,38,46)(H,39,44)(H,40,47). The van der Waals surface area contributed by atoms with Gasteiger partial charge in [0.1, 0.15) is 25.9 Å². The molecule has 13 nitrogen and oxygen atoms in total. The number of hydrogen-bond acceptors (Lipinski definition) is 9. The van der Waals surface area contributed by atoms with Gasteiger partial charge >= 0.3 is 18.2 Å². The van der Waals surface area contributed by atoms with Crippen molar-refractivity contribution < 1.29 is 43.3 Å². The number of alkyl carbamates (subject to hydrolysis) is 2. The summed E-state index contributed by atoms with van der Waals surface area (Å²) >= 11 is 0. The van der Waals surface area contributed by atoms with E-state index in [9.17, 15) is 29.1 Å². The van der Waals surface area contributed by atoms with Crippen LogP contribution < -0.4 is 16.0 Å². The normalized spacial score (nSPS) is 21.2. The number of aliphatic hydroxyl groups excluding tert-OH is 1. The minimum Gasteiger partial charge on any atom is -0.462 e. The lowest BCUT2D eigenvalue weighted by molar-refractivity contribution is -0.147. The van der Waals surface area contributed by atoms with Crippen LogP contribution in [0.4, 0.5) is 9.59 Å². The lowest BCUT2D eigenvalue weighted by Crippen LogP contribution is -2.46. The number of nitrogens with zero attached hydrogens (tertiary/aromatic N) is 1. The molecule has 4 N–H and O–H groups in total. The van der Waals surface area contributed by atoms with Gasteiger partial charge in [-0.15, -0.1) is 0 Å². The van der Waals surface area contributed by atoms with Crippen molar-refractivity contribution in [2.45, 2.75) is 82.7 Å². The van der Waals surface area contributed by atoms with Gasteiger partial charge in [-0.25, -0.2) is 14.4 Å². The number of carbonyl (C=O) groups is 5. The average Bonchev–Trinajstić information content (AvgIpc) is 3.62. The molecule has 2 heterocycles. The zero-order chi connectivity index (χ0) is 35.6. The molecule has 50 heavy (non-hydrogen) atoms. The molecular formula is C37H48N4O9. The van der Waals surface area contributed by atoms with Gasteiger partial charge in [-0.1, -0.05) is 72.8 Å². The Kier molecular flexibility index (Phi) is 15.6. The minimum absolute atomic E-state index is 0.0296. The summed E-state index contributed by atoms with van der Waals surface area (Å²) in [5.41, 5.74) is 1.67. The number of benzene rings is 2. The quantitative estimate of drug-likeness (QED) is 0.106. The van der Waals surface area contributed by atoms with Crippen LogP contribution >= 0.6 is 0 Å². The fraction of sp³-hybridized carbons (Fsp3) is 0.486. The van der Waals surface area contributed by atoms with Gasteiger partial charge in [0.25, 0.3) is 0 Å². The third-order valence-corrected chi connectivity index (χ3v) is 8.68. The number of cyclic esters (lactones) is 1. The predicted octanol–water partition coefficient (Wildman–Crippen LogP) is 3.75. The summed E-state index contributed by atoms with van der Waals surface area (Å²) in [5, 5.41) is 18.0. The summed E-state index contributed by atoms with van der Waals surface area (Å²) < 4.78 is 16.1. The summed E-state index contributed by atoms with van der Waals surface area (Å²) in [4.78, 5) is 66.3. The molecule has 0 aromatic heterocycles. The Balaban J connectivity index is 1.35. The van der Waals surface area contributed by atoms with E-state index in [4.69, 9.17) is 14.2 Å². The molecular weight excluding hydrogens is 644 g/mol. The van der Waals surface area contributed by atoms with Crippen LogP contribution in [0.3, 0.4) is 0 Å². The number of aliphatic hydroxyl groups is 1. The summed E-state index contributed by atoms with van der Waals surface area (Å²) in [6.45, 7) is 0.782. The summed E-state index contributed by atoms with van der Waals surface area (Å²) in [5.74, 6) is -1.91. The number of allylic oxidation sites excluding steroid dienone is 1. The molecule has 2 aliphatic heterocycles. The van der Waals surface area contributed by atoms with E-state index in [1.807, 2.05) is 60.7 Å². The Morgan fingerprint density at radius 3 is 2.24 bits per heavy atom. The van der Waals surface area contributed by atoms with Crippen molar-refractivity contribution in [1.82, 2.24) is 20.9 Å². The van der Waals surface area contributed by atoms with Gasteiger partial charge in [-0.3, -0.25) is 9.59 Å². The van der Waals surface area contributed by atoms with E-state index in [0.29, 0.717) is 38.8 Å². The third-order valence-electron chi connectivity index (χ3n) is 8.68. The Morgan fingerprint density at radius 2 is 1.56 bits per heavy atom. The highest BCUT2D eigenvalue weighted by Gasteiger charge is 2.32. The van der Waals surface area contributed by atoms with Gasteiger partial charge in [-0.05, 0) is 56.1 Å². The van der Waals surface area contributed by atoms with Gasteiger partial charge in [0.15, 0.2) is 0 Å². The number of hydrogen-bond donors (Lipinski definition) is 4. The second-order valence-electron chi connectivity index (χ2n) is 12.5. The lowest BCUT2D eigenvalue weighted by Gasteiger charge is -2.27. The maximum absolute atomic E-state index is 13.5. The molecule has 13 heteroatoms. The van der Waals surface area contributed by atoms with Crippen molar-refractivity contribution >= 4 is 30.0 Å². The van der Waals surface area contributed by atoms with Gasteiger partial charge in [0.05, 0.1) is 24.6 Å². The van der Waals surface area contributed by atoms with Crippen molar-refractivity contribution in [3.8, 4) is 0 Å². The molecule has 2 aromatic carbocycles. The molecule has 4 amide bonds. The number of unbranched alkanes of at least 4 members (excludes halogenated alkanes) is 1. The molecule has 0 spiro atoms. The largest absolute Gasteiger partial charge is 0.462 e. The van der Waals surface area contributed by atoms with Gasteiger partial charge in [-0.2, -0.15) is 0 Å². The lowest BCUT2D eigenvalue weighted by atomic mass is 9.97. The zero-order valence-electron chi connectivity index (χ0n) is 28.3. The number of esters is 1. The molecule has 4 unspecified atom stereocenters. The van der Waals surface area contributed by atoms with Gasteiger partial charge in [0, 0.05) is 19.5 Å². The zero-order valence-corrected chi connectivity index (χ0v) is 28.3. The summed E-state index contributed by atoms with van der Waals surface area (Å²) in [7, 11) is 0. The number of nitrogens with one attached hydrogen (secondary N) is 3. The van der Waals surface area contributed by atoms with E-state index in [2.05, 4.69) is 16.0 Å². The highest BCUT2D eigenvalue weighted by atomic mass is 16.6. The monoisotopic (exact) mass is 692 g/mol. The molecule has 270 valence electrons. The van der Waals surface area contributed by atoms with Crippen LogP contribution in [-0.2, 0) is 41.8 Å². The predicted molar refractivity (Wildman–Crippen MR) is 183 cm³/mol. The van der Waals surface area contributed by atoms with Crippen LogP contribution in [0.25, 0.3) is 0 Å². The van der Waals surface area contributed by atoms with E-state index in [-0.39, 0.29) is 63.5 Å². The fourth-order valence-corrected chi connectivity index (χ4v) is 5.86. The Hall–Kier alpha value is -4.91. The second-order valence-corrected chi connectivity index (χ2v) is 12.5. The molecule has 0 bridgehead atoms. The molecule has 0 radical (unpaired) electrons. The van der Waals surface area contributed by atoms with Crippen molar-refractivity contribution in [2.75, 3.05) is 26.3 Å². The number of rotatable bonds is 13. The first kappa shape index (κ1) is 37.9. The molecule has 1 fully saturated rings. The van der Waals surface area contributed by atoms with Crippen LogP contribution in [-0.4, -0.2) is 84.4 Å². The molecule has 2 aliphatic rings. The topological polar surface area (TPSA) is 173 Å². The maximum Gasteiger partial charge on any atom is 0.408 e. The van der Waals surface area contributed by atoms with E-state index in [0.717, 1.165) is 17.5 Å². The fourth-order valence-electron chi connectivity index (χ4n) is 5.86. The molecule has 1 saturated heterocycles. The van der Waals surface area contributed by atoms with Crippen LogP contribution in [0, 0.1) is 5.92 Å². The van der Waals surface area contributed by atoms with Crippen LogP contribution in [0.2, 0.25) is 0 Å². The van der Waals surface area contributed by atoms with Crippen LogP contribution in [0.1, 0.15) is 62.5 Å². The highest BCUT2D eigenvalue weighted by Crippen LogP contribution is 2.22. The Morgan fingerprint density at radius 1 is 0.900 bits per heavy atom. The van der Waals surface area contributed by atoms with Crippen molar-refractivity contribution in [1.29, 1.82) is 0 Å². The summed E-state index contributed by atoms with van der Waals surface area (Å²) in [6.07, 6.45) is 5.46. The van der Waals surface area contributed by atoms with E-state index >= 15 is 0 Å². The SMILES string of the molecule is O=C(NCCCCC1COC(=O)C(NC(=O)OCc2ccccc2)CC=CCC(CC(=O)N2CCCC2CO)C(=O)N1)OCc1ccccc1. The van der Waals surface area contributed by atoms with E-state index < -0.39 is 36.2 Å². The van der Waals surface area contributed by atoms with Gasteiger partial charge in [0.2, 0.25) is 11.8 Å².